The lowest BCUT2D eigenvalue weighted by Gasteiger charge is -2.12. The summed E-state index contributed by atoms with van der Waals surface area (Å²) in [5.74, 6) is 0. The molecule has 0 saturated carbocycles. The summed E-state index contributed by atoms with van der Waals surface area (Å²) in [7, 11) is 6.22. The third-order valence-electron chi connectivity index (χ3n) is 4.43. The van der Waals surface area contributed by atoms with Gasteiger partial charge in [0.15, 0.2) is 5.65 Å². The van der Waals surface area contributed by atoms with E-state index in [2.05, 4.69) is 54.5 Å². The number of anilines is 1. The van der Waals surface area contributed by atoms with Crippen LogP contribution < -0.4 is 5.32 Å². The normalized spacial score (nSPS) is 10.8. The average molecular weight is 398 g/mol. The summed E-state index contributed by atoms with van der Waals surface area (Å²) in [5, 5.41) is 10.5. The third kappa shape index (κ3) is 4.78. The summed E-state index contributed by atoms with van der Waals surface area (Å²) in [5.41, 5.74) is 4.17. The number of benzene rings is 1. The van der Waals surface area contributed by atoms with Gasteiger partial charge in [0.2, 0.25) is 0 Å². The Morgan fingerprint density at radius 2 is 1.81 bits per heavy atom. The Kier molecular flexibility index (Phi) is 8.60. The molecule has 0 bridgehead atoms. The van der Waals surface area contributed by atoms with Gasteiger partial charge in [-0.1, -0.05) is 24.6 Å². The first-order valence-electron chi connectivity index (χ1n) is 8.68. The number of nitrogens with zero attached hydrogens (tertiary/aromatic N) is 4. The van der Waals surface area contributed by atoms with Gasteiger partial charge in [0, 0.05) is 19.0 Å². The molecule has 0 aliphatic rings. The second-order valence-electron chi connectivity index (χ2n) is 6.70. The van der Waals surface area contributed by atoms with Gasteiger partial charge in [-0.05, 0) is 46.5 Å². The summed E-state index contributed by atoms with van der Waals surface area (Å²) in [4.78, 5) is 7.03. The Balaban J connectivity index is 0.00000169. The molecule has 26 heavy (non-hydrogen) atoms. The second kappa shape index (κ2) is 9.95. The number of para-hydroxylation sites is 1. The lowest BCUT2D eigenvalue weighted by atomic mass is 10.1. The fourth-order valence-corrected chi connectivity index (χ4v) is 3.23. The van der Waals surface area contributed by atoms with Gasteiger partial charge in [0.1, 0.15) is 0 Å². The first-order chi connectivity index (χ1) is 11.6. The number of rotatable bonds is 7. The first-order valence-corrected chi connectivity index (χ1v) is 8.68. The Bertz CT molecular complexity index is 845. The summed E-state index contributed by atoms with van der Waals surface area (Å²) < 4.78 is 1.87. The zero-order chi connectivity index (χ0) is 17.1. The summed E-state index contributed by atoms with van der Waals surface area (Å²) in [6.07, 6.45) is 3.65. The van der Waals surface area contributed by atoms with Crippen molar-refractivity contribution >= 4 is 52.4 Å². The molecule has 5 nitrogen and oxygen atoms in total. The van der Waals surface area contributed by atoms with Gasteiger partial charge < -0.3 is 10.2 Å². The fraction of sp³-hybridized carbons (Fsp3) is 0.474. The maximum atomic E-state index is 4.79. The van der Waals surface area contributed by atoms with Crippen molar-refractivity contribution in [3.05, 3.63) is 30.0 Å². The minimum absolute atomic E-state index is 0. The molecule has 7 heteroatoms. The average Bonchev–Trinajstić information content (AvgIpc) is 2.84. The number of unbranched alkanes of at least 4 members (excludes halogenated alkanes) is 2. The largest absolute Gasteiger partial charge is 0.384 e. The van der Waals surface area contributed by atoms with Crippen LogP contribution >= 0.6 is 24.8 Å². The van der Waals surface area contributed by atoms with Gasteiger partial charge >= 0.3 is 0 Å². The van der Waals surface area contributed by atoms with E-state index in [1.54, 1.807) is 0 Å². The number of aryl methyl sites for hydroxylation is 2. The third-order valence-corrected chi connectivity index (χ3v) is 4.43. The van der Waals surface area contributed by atoms with Crippen molar-refractivity contribution in [1.82, 2.24) is 19.7 Å². The van der Waals surface area contributed by atoms with Crippen LogP contribution in [0.5, 0.6) is 0 Å². The molecule has 1 aromatic carbocycles. The Morgan fingerprint density at radius 1 is 1.08 bits per heavy atom. The number of hydrogen-bond acceptors (Lipinski definition) is 4. The highest BCUT2D eigenvalue weighted by atomic mass is 35.5. The number of pyridine rings is 1. The van der Waals surface area contributed by atoms with Crippen LogP contribution in [0, 0.1) is 6.92 Å². The van der Waals surface area contributed by atoms with Gasteiger partial charge in [-0.25, -0.2) is 4.98 Å². The summed E-state index contributed by atoms with van der Waals surface area (Å²) in [6, 6.07) is 8.32. The second-order valence-corrected chi connectivity index (χ2v) is 6.70. The van der Waals surface area contributed by atoms with Gasteiger partial charge in [0.25, 0.3) is 0 Å². The molecule has 0 aliphatic heterocycles. The molecule has 3 rings (SSSR count). The highest BCUT2D eigenvalue weighted by Crippen LogP contribution is 2.32. The van der Waals surface area contributed by atoms with Gasteiger partial charge in [-0.3, -0.25) is 4.68 Å². The molecule has 144 valence electrons. The monoisotopic (exact) mass is 397 g/mol. The van der Waals surface area contributed by atoms with E-state index in [9.17, 15) is 0 Å². The van der Waals surface area contributed by atoms with Gasteiger partial charge in [-0.2, -0.15) is 5.10 Å². The maximum Gasteiger partial charge on any atom is 0.160 e. The quantitative estimate of drug-likeness (QED) is 0.599. The molecule has 2 heterocycles. The van der Waals surface area contributed by atoms with E-state index in [1.165, 1.54) is 30.3 Å². The smallest absolute Gasteiger partial charge is 0.160 e. The molecule has 0 spiro atoms. The number of halogens is 2. The van der Waals surface area contributed by atoms with Crippen LogP contribution in [0.2, 0.25) is 0 Å². The van der Waals surface area contributed by atoms with E-state index >= 15 is 0 Å². The lowest BCUT2D eigenvalue weighted by molar-refractivity contribution is 0.393. The van der Waals surface area contributed by atoms with Crippen molar-refractivity contribution in [1.29, 1.82) is 0 Å². The zero-order valence-electron chi connectivity index (χ0n) is 16.0. The Hall–Kier alpha value is -1.56. The number of hydrogen-bond donors (Lipinski definition) is 1. The van der Waals surface area contributed by atoms with E-state index in [0.717, 1.165) is 35.3 Å². The molecule has 0 aliphatic carbocycles. The van der Waals surface area contributed by atoms with Crippen molar-refractivity contribution in [2.75, 3.05) is 32.5 Å². The molecular weight excluding hydrogens is 369 g/mol. The summed E-state index contributed by atoms with van der Waals surface area (Å²) >= 11 is 0. The maximum absolute atomic E-state index is 4.79. The standard InChI is InChI=1S/C19H27N5.2ClH/c1-14-17-18(20-12-8-5-9-13-23(2)3)15-10-6-7-11-16(15)21-19(17)24(4)22-14;;/h6-7,10-11H,5,8-9,12-13H2,1-4H3,(H,20,21);2*1H. The topological polar surface area (TPSA) is 46.0 Å². The lowest BCUT2D eigenvalue weighted by Crippen LogP contribution is -2.13. The fourth-order valence-electron chi connectivity index (χ4n) is 3.23. The molecule has 0 saturated heterocycles. The molecule has 3 aromatic rings. The highest BCUT2D eigenvalue weighted by molar-refractivity contribution is 6.07. The molecular formula is C19H29Cl2N5. The minimum atomic E-state index is 0. The van der Waals surface area contributed by atoms with Crippen molar-refractivity contribution in [3.8, 4) is 0 Å². The van der Waals surface area contributed by atoms with E-state index in [-0.39, 0.29) is 24.8 Å². The van der Waals surface area contributed by atoms with Crippen LogP contribution in [0.15, 0.2) is 24.3 Å². The van der Waals surface area contributed by atoms with E-state index in [0.29, 0.717) is 0 Å². The molecule has 0 atom stereocenters. The zero-order valence-corrected chi connectivity index (χ0v) is 17.6. The number of aromatic nitrogens is 3. The Labute approximate surface area is 168 Å². The molecule has 0 fully saturated rings. The summed E-state index contributed by atoms with van der Waals surface area (Å²) in [6.45, 7) is 4.19. The molecule has 2 aromatic heterocycles. The van der Waals surface area contributed by atoms with Gasteiger partial charge in [-0.15, -0.1) is 24.8 Å². The Morgan fingerprint density at radius 3 is 2.54 bits per heavy atom. The first kappa shape index (κ1) is 22.5. The van der Waals surface area contributed by atoms with Crippen molar-refractivity contribution in [2.45, 2.75) is 26.2 Å². The van der Waals surface area contributed by atoms with Crippen molar-refractivity contribution in [3.63, 3.8) is 0 Å². The number of nitrogens with one attached hydrogen (secondary N) is 1. The van der Waals surface area contributed by atoms with E-state index in [1.807, 2.05) is 17.8 Å². The molecule has 1 N–H and O–H groups in total. The highest BCUT2D eigenvalue weighted by Gasteiger charge is 2.14. The van der Waals surface area contributed by atoms with Crippen molar-refractivity contribution < 1.29 is 0 Å². The van der Waals surface area contributed by atoms with Gasteiger partial charge in [0.05, 0.1) is 22.3 Å². The van der Waals surface area contributed by atoms with E-state index < -0.39 is 0 Å². The van der Waals surface area contributed by atoms with Crippen molar-refractivity contribution in [2.24, 2.45) is 7.05 Å². The molecule has 0 radical (unpaired) electrons. The number of fused-ring (bicyclic) bond motifs is 2. The van der Waals surface area contributed by atoms with Crippen LogP contribution in [-0.4, -0.2) is 46.8 Å². The van der Waals surface area contributed by atoms with Crippen LogP contribution in [0.25, 0.3) is 21.9 Å². The van der Waals surface area contributed by atoms with Crippen LogP contribution in [0.1, 0.15) is 25.0 Å². The predicted octanol–water partition coefficient (Wildman–Crippen LogP) is 4.42. The SMILES string of the molecule is Cc1nn(C)c2nc3ccccc3c(NCCCCCN(C)C)c12.Cl.Cl. The molecule has 0 amide bonds. The van der Waals surface area contributed by atoms with Crippen LogP contribution in [0.4, 0.5) is 5.69 Å². The van der Waals surface area contributed by atoms with E-state index in [4.69, 9.17) is 4.98 Å². The molecule has 0 unspecified atom stereocenters. The van der Waals surface area contributed by atoms with Crippen LogP contribution in [-0.2, 0) is 7.05 Å². The van der Waals surface area contributed by atoms with Crippen LogP contribution in [0.3, 0.4) is 0 Å². The minimum Gasteiger partial charge on any atom is -0.384 e. The predicted molar refractivity (Wildman–Crippen MR) is 116 cm³/mol.